The largest absolute Gasteiger partial charge is 0.492 e. The molecule has 0 radical (unpaired) electrons. The molecule has 1 saturated heterocycles. The normalized spacial score (nSPS) is 18.7. The van der Waals surface area contributed by atoms with Gasteiger partial charge in [0.2, 0.25) is 0 Å². The Balaban J connectivity index is 1.76. The van der Waals surface area contributed by atoms with Crippen LogP contribution in [0.2, 0.25) is 0 Å². The molecule has 1 aromatic rings. The van der Waals surface area contributed by atoms with E-state index in [0.29, 0.717) is 11.4 Å². The van der Waals surface area contributed by atoms with E-state index in [1.165, 1.54) is 5.75 Å². The van der Waals surface area contributed by atoms with Crippen LogP contribution in [0.1, 0.15) is 19.4 Å². The first-order chi connectivity index (χ1) is 9.46. The summed E-state index contributed by atoms with van der Waals surface area (Å²) in [6, 6.07) is 7.37. The van der Waals surface area contributed by atoms with Gasteiger partial charge in [-0.3, -0.25) is 10.3 Å². The van der Waals surface area contributed by atoms with Crippen LogP contribution >= 0.6 is 11.8 Å². The second-order valence-electron chi connectivity index (χ2n) is 5.67. The van der Waals surface area contributed by atoms with Crippen LogP contribution in [0.5, 0.6) is 5.75 Å². The van der Waals surface area contributed by atoms with Crippen molar-refractivity contribution < 1.29 is 4.74 Å². The van der Waals surface area contributed by atoms with Crippen molar-refractivity contribution in [1.82, 2.24) is 4.90 Å². The maximum Gasteiger partial charge on any atom is 0.122 e. The van der Waals surface area contributed by atoms with Gasteiger partial charge in [-0.1, -0.05) is 0 Å². The van der Waals surface area contributed by atoms with Gasteiger partial charge in [0, 0.05) is 35.7 Å². The molecule has 1 heterocycles. The monoisotopic (exact) mass is 293 g/mol. The average Bonchev–Trinajstić information content (AvgIpc) is 2.38. The lowest BCUT2D eigenvalue weighted by molar-refractivity contribution is 0.202. The van der Waals surface area contributed by atoms with Gasteiger partial charge in [0.1, 0.15) is 18.2 Å². The number of thioether (sulfide) groups is 1. The molecule has 0 spiro atoms. The molecular weight excluding hydrogens is 270 g/mol. The van der Waals surface area contributed by atoms with Crippen LogP contribution in [0, 0.1) is 5.41 Å². The lowest BCUT2D eigenvalue weighted by atomic mass is 10.2. The summed E-state index contributed by atoms with van der Waals surface area (Å²) in [5.41, 5.74) is 6.15. The Labute approximate surface area is 125 Å². The van der Waals surface area contributed by atoms with Crippen molar-refractivity contribution in [3.63, 3.8) is 0 Å². The molecule has 0 aliphatic carbocycles. The molecule has 1 aliphatic rings. The topological polar surface area (TPSA) is 62.3 Å². The number of nitrogens with two attached hydrogens (primary N) is 1. The highest BCUT2D eigenvalue weighted by Crippen LogP contribution is 2.29. The van der Waals surface area contributed by atoms with Gasteiger partial charge >= 0.3 is 0 Å². The van der Waals surface area contributed by atoms with Crippen LogP contribution in [-0.2, 0) is 0 Å². The number of amidine groups is 1. The van der Waals surface area contributed by atoms with Crippen molar-refractivity contribution in [2.75, 3.05) is 32.0 Å². The van der Waals surface area contributed by atoms with Crippen molar-refractivity contribution in [3.8, 4) is 5.75 Å². The summed E-state index contributed by atoms with van der Waals surface area (Å²) in [6.07, 6.45) is 0. The van der Waals surface area contributed by atoms with E-state index in [9.17, 15) is 0 Å². The molecule has 5 heteroatoms. The third-order valence-corrected chi connectivity index (χ3v) is 4.64. The summed E-state index contributed by atoms with van der Waals surface area (Å²) in [7, 11) is 0. The Hall–Kier alpha value is -1.20. The lowest BCUT2D eigenvalue weighted by Gasteiger charge is -2.37. The summed E-state index contributed by atoms with van der Waals surface area (Å²) < 4.78 is 6.10. The number of nitrogen functional groups attached to an aromatic ring is 1. The van der Waals surface area contributed by atoms with Crippen molar-refractivity contribution in [1.29, 1.82) is 5.41 Å². The Kier molecular flexibility index (Phi) is 4.94. The molecule has 20 heavy (non-hydrogen) atoms. The average molecular weight is 293 g/mol. The van der Waals surface area contributed by atoms with Crippen LogP contribution in [0.4, 0.5) is 0 Å². The van der Waals surface area contributed by atoms with Crippen molar-refractivity contribution in [2.24, 2.45) is 5.73 Å². The first kappa shape index (κ1) is 15.2. The van der Waals surface area contributed by atoms with E-state index in [0.717, 1.165) is 30.9 Å². The quantitative estimate of drug-likeness (QED) is 0.645. The number of nitrogens with one attached hydrogen (secondary N) is 1. The van der Waals surface area contributed by atoms with E-state index in [4.69, 9.17) is 15.9 Å². The van der Waals surface area contributed by atoms with Crippen LogP contribution in [-0.4, -0.2) is 47.5 Å². The number of rotatable bonds is 5. The molecule has 0 unspecified atom stereocenters. The summed E-state index contributed by atoms with van der Waals surface area (Å²) in [4.78, 5) is 2.46. The van der Waals surface area contributed by atoms with Gasteiger partial charge in [-0.25, -0.2) is 0 Å². The highest BCUT2D eigenvalue weighted by atomic mass is 32.2. The highest BCUT2D eigenvalue weighted by Gasteiger charge is 2.26. The van der Waals surface area contributed by atoms with Gasteiger partial charge < -0.3 is 10.5 Å². The summed E-state index contributed by atoms with van der Waals surface area (Å²) >= 11 is 2.04. The van der Waals surface area contributed by atoms with E-state index in [1.807, 2.05) is 36.0 Å². The molecule has 2 rings (SSSR count). The minimum Gasteiger partial charge on any atom is -0.492 e. The maximum atomic E-state index is 7.34. The molecule has 110 valence electrons. The Bertz CT molecular complexity index is 459. The first-order valence-corrected chi connectivity index (χ1v) is 7.88. The molecule has 0 atom stereocenters. The molecule has 1 aliphatic heterocycles. The van der Waals surface area contributed by atoms with E-state index in [2.05, 4.69) is 18.7 Å². The molecule has 3 N–H and O–H groups in total. The molecular formula is C15H23N3OS. The molecule has 0 bridgehead atoms. The molecule has 0 aromatic heterocycles. The minimum atomic E-state index is 0.0876. The summed E-state index contributed by atoms with van der Waals surface area (Å²) in [6.45, 7) is 8.50. The second-order valence-corrected chi connectivity index (χ2v) is 7.47. The Morgan fingerprint density at radius 3 is 2.70 bits per heavy atom. The fourth-order valence-electron chi connectivity index (χ4n) is 2.33. The molecule has 1 aromatic carbocycles. The molecule has 4 nitrogen and oxygen atoms in total. The van der Waals surface area contributed by atoms with Gasteiger partial charge in [0.05, 0.1) is 0 Å². The van der Waals surface area contributed by atoms with Crippen molar-refractivity contribution in [2.45, 2.75) is 18.6 Å². The standard InChI is InChI=1S/C15H23N3OS/c1-15(2)11-18(8-10-20-15)7-9-19-13-5-3-12(4-6-13)14(16)17/h3-6H,7-11H2,1-2H3,(H3,16,17). The molecule has 0 saturated carbocycles. The number of hydrogen-bond acceptors (Lipinski definition) is 4. The summed E-state index contributed by atoms with van der Waals surface area (Å²) in [5.74, 6) is 2.12. The number of nitrogens with zero attached hydrogens (tertiary/aromatic N) is 1. The van der Waals surface area contributed by atoms with Gasteiger partial charge in [0.15, 0.2) is 0 Å². The third-order valence-electron chi connectivity index (χ3n) is 3.35. The van der Waals surface area contributed by atoms with Gasteiger partial charge in [0.25, 0.3) is 0 Å². The molecule has 1 fully saturated rings. The van der Waals surface area contributed by atoms with Gasteiger partial charge in [-0.05, 0) is 38.1 Å². The first-order valence-electron chi connectivity index (χ1n) is 6.90. The zero-order valence-corrected chi connectivity index (χ0v) is 13.0. The van der Waals surface area contributed by atoms with E-state index < -0.39 is 0 Å². The van der Waals surface area contributed by atoms with E-state index in [1.54, 1.807) is 0 Å². The minimum absolute atomic E-state index is 0.0876. The lowest BCUT2D eigenvalue weighted by Crippen LogP contribution is -2.44. The van der Waals surface area contributed by atoms with Crippen molar-refractivity contribution >= 4 is 17.6 Å². The fraction of sp³-hybridized carbons (Fsp3) is 0.533. The van der Waals surface area contributed by atoms with Gasteiger partial charge in [-0.15, -0.1) is 0 Å². The predicted octanol–water partition coefficient (Wildman–Crippen LogP) is 2.18. The van der Waals surface area contributed by atoms with E-state index in [-0.39, 0.29) is 5.84 Å². The number of hydrogen-bond donors (Lipinski definition) is 2. The molecule has 0 amide bonds. The smallest absolute Gasteiger partial charge is 0.122 e. The zero-order chi connectivity index (χ0) is 14.6. The van der Waals surface area contributed by atoms with Crippen LogP contribution < -0.4 is 10.5 Å². The maximum absolute atomic E-state index is 7.34. The zero-order valence-electron chi connectivity index (χ0n) is 12.2. The number of ether oxygens (including phenoxy) is 1. The fourth-order valence-corrected chi connectivity index (χ4v) is 3.50. The SMILES string of the molecule is CC1(C)CN(CCOc2ccc(C(=N)N)cc2)CCS1. The Morgan fingerprint density at radius 2 is 2.10 bits per heavy atom. The van der Waals surface area contributed by atoms with Gasteiger partial charge in [-0.2, -0.15) is 11.8 Å². The third kappa shape index (κ3) is 4.42. The summed E-state index contributed by atoms with van der Waals surface area (Å²) in [5, 5.41) is 7.34. The van der Waals surface area contributed by atoms with Crippen LogP contribution in [0.3, 0.4) is 0 Å². The van der Waals surface area contributed by atoms with Crippen LogP contribution in [0.25, 0.3) is 0 Å². The number of benzene rings is 1. The Morgan fingerprint density at radius 1 is 1.40 bits per heavy atom. The van der Waals surface area contributed by atoms with E-state index >= 15 is 0 Å². The van der Waals surface area contributed by atoms with Crippen LogP contribution in [0.15, 0.2) is 24.3 Å². The van der Waals surface area contributed by atoms with Crippen molar-refractivity contribution in [3.05, 3.63) is 29.8 Å². The second kappa shape index (κ2) is 6.50. The predicted molar refractivity (Wildman–Crippen MR) is 85.9 cm³/mol. The highest BCUT2D eigenvalue weighted by molar-refractivity contribution is 8.00.